The average molecular weight is 330 g/mol. The van der Waals surface area contributed by atoms with Crippen molar-refractivity contribution in [1.29, 1.82) is 0 Å². The molecule has 1 aliphatic heterocycles. The molecule has 19 heavy (non-hydrogen) atoms. The highest BCUT2D eigenvalue weighted by Crippen LogP contribution is 2.28. The van der Waals surface area contributed by atoms with Gasteiger partial charge in [-0.3, -0.25) is 4.90 Å². The number of halogens is 4. The molecule has 1 fully saturated rings. The van der Waals surface area contributed by atoms with Gasteiger partial charge < -0.3 is 5.32 Å². The highest BCUT2D eigenvalue weighted by atomic mass is 35.5. The van der Waals surface area contributed by atoms with Gasteiger partial charge in [0.2, 0.25) is 0 Å². The number of rotatable bonds is 3. The first-order valence-corrected chi connectivity index (χ1v) is 6.50. The molecule has 0 amide bonds. The predicted octanol–water partition coefficient (Wildman–Crippen LogP) is 3.68. The maximum absolute atomic E-state index is 13.9. The Morgan fingerprint density at radius 3 is 2.47 bits per heavy atom. The molecule has 0 aromatic heterocycles. The average Bonchev–Trinajstić information content (AvgIpc) is 2.34. The number of benzene rings is 1. The summed E-state index contributed by atoms with van der Waals surface area (Å²) < 4.78 is 13.9. The van der Waals surface area contributed by atoms with Crippen molar-refractivity contribution >= 4 is 36.4 Å². The van der Waals surface area contributed by atoms with E-state index in [0.717, 1.165) is 38.2 Å². The van der Waals surface area contributed by atoms with E-state index in [4.69, 9.17) is 11.6 Å². The number of nitrogens with zero attached hydrogens (tertiary/aromatic N) is 1. The summed E-state index contributed by atoms with van der Waals surface area (Å²) in [7, 11) is 0. The Balaban J connectivity index is 0.00000162. The van der Waals surface area contributed by atoms with E-state index in [1.807, 2.05) is 6.07 Å². The topological polar surface area (TPSA) is 15.3 Å². The number of hydrogen-bond acceptors (Lipinski definition) is 2. The molecule has 0 radical (unpaired) electrons. The molecule has 6 heteroatoms. The minimum absolute atomic E-state index is 0. The summed E-state index contributed by atoms with van der Waals surface area (Å²) in [4.78, 5) is 2.34. The summed E-state index contributed by atoms with van der Waals surface area (Å²) in [6.07, 6.45) is 0.915. The molecule has 110 valence electrons. The van der Waals surface area contributed by atoms with Gasteiger partial charge in [-0.1, -0.05) is 24.6 Å². The molecule has 1 saturated heterocycles. The summed E-state index contributed by atoms with van der Waals surface area (Å²) in [6.45, 7) is 6.00. The Kier molecular flexibility index (Phi) is 8.95. The van der Waals surface area contributed by atoms with E-state index >= 15 is 0 Å². The Hall–Kier alpha value is -0.0600. The van der Waals surface area contributed by atoms with Gasteiger partial charge in [0.1, 0.15) is 5.82 Å². The third-order valence-corrected chi connectivity index (χ3v) is 3.54. The molecule has 0 unspecified atom stereocenters. The zero-order valence-corrected chi connectivity index (χ0v) is 13.3. The van der Waals surface area contributed by atoms with Crippen LogP contribution in [0.2, 0.25) is 5.02 Å². The summed E-state index contributed by atoms with van der Waals surface area (Å²) in [6, 6.07) is 5.15. The van der Waals surface area contributed by atoms with E-state index in [1.54, 1.807) is 6.07 Å². The van der Waals surface area contributed by atoms with Crippen LogP contribution in [0.5, 0.6) is 0 Å². The highest BCUT2D eigenvalue weighted by Gasteiger charge is 2.22. The summed E-state index contributed by atoms with van der Waals surface area (Å²) >= 11 is 5.79. The van der Waals surface area contributed by atoms with Crippen molar-refractivity contribution in [2.24, 2.45) is 0 Å². The molecule has 0 saturated carbocycles. The molecule has 2 nitrogen and oxygen atoms in total. The van der Waals surface area contributed by atoms with E-state index in [-0.39, 0.29) is 36.7 Å². The van der Waals surface area contributed by atoms with Gasteiger partial charge >= 0.3 is 0 Å². The van der Waals surface area contributed by atoms with Crippen LogP contribution in [-0.2, 0) is 0 Å². The first-order chi connectivity index (χ1) is 8.22. The largest absolute Gasteiger partial charge is 0.314 e. The van der Waals surface area contributed by atoms with Gasteiger partial charge in [0.15, 0.2) is 0 Å². The van der Waals surface area contributed by atoms with Crippen LogP contribution in [-0.4, -0.2) is 31.1 Å². The van der Waals surface area contributed by atoms with Crippen LogP contribution in [0.15, 0.2) is 18.2 Å². The van der Waals surface area contributed by atoms with Gasteiger partial charge in [-0.2, -0.15) is 0 Å². The molecule has 1 aromatic carbocycles. The molecule has 0 spiro atoms. The lowest BCUT2D eigenvalue weighted by atomic mass is 10.0. The van der Waals surface area contributed by atoms with E-state index in [9.17, 15) is 4.39 Å². The summed E-state index contributed by atoms with van der Waals surface area (Å²) in [5.41, 5.74) is 0.763. The molecule has 1 aliphatic rings. The summed E-state index contributed by atoms with van der Waals surface area (Å²) in [5, 5.41) is 3.77. The van der Waals surface area contributed by atoms with Gasteiger partial charge in [0.25, 0.3) is 0 Å². The van der Waals surface area contributed by atoms with Crippen LogP contribution < -0.4 is 5.32 Å². The van der Waals surface area contributed by atoms with Gasteiger partial charge in [0, 0.05) is 42.8 Å². The second-order valence-corrected chi connectivity index (χ2v) is 4.81. The first kappa shape index (κ1) is 18.9. The number of hydrogen-bond donors (Lipinski definition) is 1. The smallest absolute Gasteiger partial charge is 0.129 e. The Labute approximate surface area is 131 Å². The third kappa shape index (κ3) is 4.76. The maximum Gasteiger partial charge on any atom is 0.129 e. The second kappa shape index (κ2) is 8.98. The van der Waals surface area contributed by atoms with Gasteiger partial charge in [-0.15, -0.1) is 24.8 Å². The lowest BCUT2D eigenvalue weighted by Gasteiger charge is -2.34. The molecule has 0 aliphatic carbocycles. The number of piperazine rings is 1. The van der Waals surface area contributed by atoms with Crippen molar-refractivity contribution in [2.45, 2.75) is 19.4 Å². The molecule has 1 N–H and O–H groups in total. The van der Waals surface area contributed by atoms with E-state index in [1.165, 1.54) is 6.07 Å². The van der Waals surface area contributed by atoms with Crippen molar-refractivity contribution < 1.29 is 4.39 Å². The zero-order chi connectivity index (χ0) is 12.3. The van der Waals surface area contributed by atoms with Crippen LogP contribution >= 0.6 is 36.4 Å². The monoisotopic (exact) mass is 328 g/mol. The molecule has 1 aromatic rings. The van der Waals surface area contributed by atoms with Crippen molar-refractivity contribution in [3.8, 4) is 0 Å². The van der Waals surface area contributed by atoms with Crippen LogP contribution in [0.4, 0.5) is 4.39 Å². The molecule has 0 bridgehead atoms. The fourth-order valence-corrected chi connectivity index (χ4v) is 2.60. The molecular formula is C13H20Cl3FN2. The standard InChI is InChI=1S/C13H18ClFN2.2ClH/c1-2-13(17-7-5-16-6-8-17)11-4-3-10(14)9-12(11)15;;/h3-4,9,13,16H,2,5-8H2,1H3;2*1H/t13-;;/m1../s1. The number of nitrogens with one attached hydrogen (secondary N) is 1. The molecular weight excluding hydrogens is 310 g/mol. The Morgan fingerprint density at radius 2 is 1.95 bits per heavy atom. The first-order valence-electron chi connectivity index (χ1n) is 6.12. The van der Waals surface area contributed by atoms with Crippen molar-refractivity contribution in [3.63, 3.8) is 0 Å². The van der Waals surface area contributed by atoms with Gasteiger partial charge in [-0.25, -0.2) is 4.39 Å². The summed E-state index contributed by atoms with van der Waals surface area (Å²) in [5.74, 6) is -0.192. The van der Waals surface area contributed by atoms with Gasteiger partial charge in [0.05, 0.1) is 0 Å². The van der Waals surface area contributed by atoms with Crippen LogP contribution in [0, 0.1) is 5.82 Å². The fraction of sp³-hybridized carbons (Fsp3) is 0.538. The highest BCUT2D eigenvalue weighted by molar-refractivity contribution is 6.30. The Morgan fingerprint density at radius 1 is 1.32 bits per heavy atom. The lowest BCUT2D eigenvalue weighted by molar-refractivity contribution is 0.166. The minimum Gasteiger partial charge on any atom is -0.314 e. The zero-order valence-electron chi connectivity index (χ0n) is 10.9. The third-order valence-electron chi connectivity index (χ3n) is 3.30. The maximum atomic E-state index is 13.9. The fourth-order valence-electron chi connectivity index (χ4n) is 2.44. The Bertz CT molecular complexity index is 384. The van der Waals surface area contributed by atoms with E-state index in [2.05, 4.69) is 17.1 Å². The SMILES string of the molecule is CC[C@H](c1ccc(Cl)cc1F)N1CCNCC1.Cl.Cl. The minimum atomic E-state index is -0.192. The second-order valence-electron chi connectivity index (χ2n) is 4.38. The van der Waals surface area contributed by atoms with Crippen LogP contribution in [0.25, 0.3) is 0 Å². The van der Waals surface area contributed by atoms with E-state index < -0.39 is 0 Å². The quantitative estimate of drug-likeness (QED) is 0.910. The predicted molar refractivity (Wildman–Crippen MR) is 83.4 cm³/mol. The molecule has 1 heterocycles. The van der Waals surface area contributed by atoms with Gasteiger partial charge in [-0.05, 0) is 18.6 Å². The van der Waals surface area contributed by atoms with Crippen molar-refractivity contribution in [1.82, 2.24) is 10.2 Å². The van der Waals surface area contributed by atoms with Crippen LogP contribution in [0.1, 0.15) is 24.9 Å². The van der Waals surface area contributed by atoms with Crippen molar-refractivity contribution in [3.05, 3.63) is 34.6 Å². The van der Waals surface area contributed by atoms with E-state index in [0.29, 0.717) is 5.02 Å². The molecule has 2 rings (SSSR count). The molecule has 1 atom stereocenters. The normalized spacial score (nSPS) is 17.2. The van der Waals surface area contributed by atoms with Crippen LogP contribution in [0.3, 0.4) is 0 Å². The lowest BCUT2D eigenvalue weighted by Crippen LogP contribution is -2.45. The van der Waals surface area contributed by atoms with Crippen molar-refractivity contribution in [2.75, 3.05) is 26.2 Å².